The van der Waals surface area contributed by atoms with Crippen LogP contribution in [0.3, 0.4) is 0 Å². The number of ketones is 1. The summed E-state index contributed by atoms with van der Waals surface area (Å²) in [7, 11) is 1.35. The lowest BCUT2D eigenvalue weighted by molar-refractivity contribution is -0.331. The molecular formula is C32H51NO7. The molecule has 0 aromatic heterocycles. The number of aliphatic hydroxyl groups is 1. The van der Waals surface area contributed by atoms with E-state index in [1.54, 1.807) is 0 Å². The van der Waals surface area contributed by atoms with Crippen molar-refractivity contribution in [3.8, 4) is 0 Å². The van der Waals surface area contributed by atoms with Gasteiger partial charge in [-0.2, -0.15) is 0 Å². The van der Waals surface area contributed by atoms with Crippen LogP contribution in [0.4, 0.5) is 4.79 Å². The number of amides is 1. The molecule has 226 valence electrons. The van der Waals surface area contributed by atoms with E-state index in [9.17, 15) is 19.5 Å². The van der Waals surface area contributed by atoms with E-state index in [1.165, 1.54) is 19.6 Å². The fourth-order valence-electron chi connectivity index (χ4n) is 9.61. The number of ether oxygens (including phenoxy) is 3. The number of hydrogen-bond acceptors (Lipinski definition) is 7. The minimum absolute atomic E-state index is 0.00334. The minimum atomic E-state index is -1.17. The van der Waals surface area contributed by atoms with Crippen LogP contribution < -0.4 is 5.32 Å². The molecule has 40 heavy (non-hydrogen) atoms. The molecule has 2 saturated carbocycles. The van der Waals surface area contributed by atoms with Crippen molar-refractivity contribution in [1.82, 2.24) is 5.32 Å². The lowest BCUT2D eigenvalue weighted by Crippen LogP contribution is -2.78. The molecule has 4 rings (SSSR count). The van der Waals surface area contributed by atoms with E-state index in [0.717, 1.165) is 12.0 Å². The number of Topliss-reactive ketones (excluding diaryl/α,β-unsaturated/α-hetero) is 1. The largest absolute Gasteiger partial charge is 0.454 e. The number of carbonyl (C=O) groups is 3. The van der Waals surface area contributed by atoms with Crippen molar-refractivity contribution in [3.05, 3.63) is 11.1 Å². The van der Waals surface area contributed by atoms with Crippen LogP contribution >= 0.6 is 0 Å². The Balaban J connectivity index is 1.86. The molecule has 2 bridgehead atoms. The van der Waals surface area contributed by atoms with Crippen LogP contribution in [0.25, 0.3) is 0 Å². The molecule has 1 amide bonds. The second-order valence-corrected chi connectivity index (χ2v) is 14.3. The molecule has 4 aliphatic rings. The number of carbonyl (C=O) groups excluding carboxylic acids is 3. The number of rotatable bonds is 5. The lowest BCUT2D eigenvalue weighted by atomic mass is 9.40. The highest BCUT2D eigenvalue weighted by atomic mass is 16.6. The molecule has 0 spiro atoms. The van der Waals surface area contributed by atoms with Crippen LogP contribution in [0.2, 0.25) is 0 Å². The monoisotopic (exact) mass is 561 g/mol. The first-order chi connectivity index (χ1) is 18.4. The zero-order valence-electron chi connectivity index (χ0n) is 26.3. The van der Waals surface area contributed by atoms with Crippen molar-refractivity contribution in [1.29, 1.82) is 0 Å². The van der Waals surface area contributed by atoms with Gasteiger partial charge in [-0.3, -0.25) is 9.59 Å². The molecule has 0 aromatic rings. The fraction of sp³-hybridized carbons (Fsp3) is 0.844. The summed E-state index contributed by atoms with van der Waals surface area (Å²) < 4.78 is 17.0. The molecule has 1 aliphatic heterocycles. The van der Waals surface area contributed by atoms with Crippen LogP contribution in [-0.2, 0) is 23.8 Å². The van der Waals surface area contributed by atoms with Gasteiger partial charge in [-0.25, -0.2) is 4.79 Å². The summed E-state index contributed by atoms with van der Waals surface area (Å²) in [5, 5.41) is 15.9. The Morgan fingerprint density at radius 3 is 2.33 bits per heavy atom. The maximum Gasteiger partial charge on any atom is 0.407 e. The third-order valence-electron chi connectivity index (χ3n) is 12.2. The first-order valence-electron chi connectivity index (χ1n) is 15.0. The van der Waals surface area contributed by atoms with Crippen LogP contribution in [0, 0.1) is 46.3 Å². The highest BCUT2D eigenvalue weighted by molar-refractivity contribution is 5.91. The van der Waals surface area contributed by atoms with Gasteiger partial charge in [0.15, 0.2) is 5.60 Å². The van der Waals surface area contributed by atoms with E-state index < -0.39 is 40.0 Å². The highest BCUT2D eigenvalue weighted by Crippen LogP contribution is 2.67. The summed E-state index contributed by atoms with van der Waals surface area (Å²) in [4.78, 5) is 39.2. The molecule has 11 atom stereocenters. The van der Waals surface area contributed by atoms with Crippen molar-refractivity contribution in [2.24, 2.45) is 46.3 Å². The van der Waals surface area contributed by atoms with E-state index in [0.29, 0.717) is 12.8 Å². The van der Waals surface area contributed by atoms with Gasteiger partial charge in [-0.1, -0.05) is 59.6 Å². The SMILES string of the molecule is COC(=O)NC(C)C(C)CC1CC2(O)C(C)C3C4(OC(C)=O)COC4CC(C)C3(C)C(=O)C(C)C(=C1C)C2(C)C. The molecule has 2 N–H and O–H groups in total. The van der Waals surface area contributed by atoms with Gasteiger partial charge >= 0.3 is 12.1 Å². The molecular weight excluding hydrogens is 510 g/mol. The van der Waals surface area contributed by atoms with Crippen LogP contribution in [-0.4, -0.2) is 60.0 Å². The Kier molecular flexibility index (Phi) is 7.84. The number of alkyl carbamates (subject to hydrolysis) is 1. The Labute approximate surface area is 240 Å². The maximum absolute atomic E-state index is 14.8. The average Bonchev–Trinajstić information content (AvgIpc) is 2.86. The smallest absolute Gasteiger partial charge is 0.407 e. The molecule has 3 fully saturated rings. The topological polar surface area (TPSA) is 111 Å². The first-order valence-corrected chi connectivity index (χ1v) is 15.0. The Morgan fingerprint density at radius 2 is 1.80 bits per heavy atom. The first kappa shape index (κ1) is 31.0. The van der Waals surface area contributed by atoms with Crippen molar-refractivity contribution in [2.75, 3.05) is 13.7 Å². The number of hydrogen-bond donors (Lipinski definition) is 2. The molecule has 0 aromatic carbocycles. The summed E-state index contributed by atoms with van der Waals surface area (Å²) in [5.74, 6) is -1.26. The second-order valence-electron chi connectivity index (χ2n) is 14.3. The van der Waals surface area contributed by atoms with Gasteiger partial charge in [0.1, 0.15) is 11.9 Å². The molecule has 1 heterocycles. The van der Waals surface area contributed by atoms with Crippen molar-refractivity contribution < 1.29 is 33.7 Å². The Hall–Kier alpha value is -1.93. The zero-order chi connectivity index (χ0) is 30.2. The van der Waals surface area contributed by atoms with Gasteiger partial charge in [0, 0.05) is 35.6 Å². The number of esters is 1. The molecule has 3 aliphatic carbocycles. The zero-order valence-corrected chi connectivity index (χ0v) is 26.3. The molecule has 0 radical (unpaired) electrons. The second kappa shape index (κ2) is 10.1. The molecule has 11 unspecified atom stereocenters. The maximum atomic E-state index is 14.8. The number of allylic oxidation sites excluding steroid dienone is 1. The van der Waals surface area contributed by atoms with Crippen LogP contribution in [0.5, 0.6) is 0 Å². The highest BCUT2D eigenvalue weighted by Gasteiger charge is 2.74. The summed E-state index contributed by atoms with van der Waals surface area (Å²) in [6.07, 6.45) is 1.15. The molecule has 1 saturated heterocycles. The predicted molar refractivity (Wildman–Crippen MR) is 151 cm³/mol. The van der Waals surface area contributed by atoms with Crippen molar-refractivity contribution >= 4 is 17.8 Å². The molecule has 8 heteroatoms. The predicted octanol–water partition coefficient (Wildman–Crippen LogP) is 5.07. The minimum Gasteiger partial charge on any atom is -0.454 e. The summed E-state index contributed by atoms with van der Waals surface area (Å²) in [5.41, 5.74) is -1.39. The van der Waals surface area contributed by atoms with E-state index in [4.69, 9.17) is 14.2 Å². The normalized spacial score (nSPS) is 43.6. The summed E-state index contributed by atoms with van der Waals surface area (Å²) in [6.45, 7) is 20.2. The number of nitrogens with one attached hydrogen (secondary N) is 1. The standard InChI is InChI=1S/C32H51NO7/c1-16(21(6)33-28(36)38-11)12-23-14-32(37)20(5)26-30(10,27(35)19(4)25(18(23)3)29(32,8)9)17(2)13-24-31(26,15-39-24)40-22(7)34/h16-17,19-21,23-24,26,37H,12-15H2,1-11H3,(H,33,36). The van der Waals surface area contributed by atoms with Gasteiger partial charge in [0.25, 0.3) is 0 Å². The summed E-state index contributed by atoms with van der Waals surface area (Å²) in [6, 6.07) is -0.126. The van der Waals surface area contributed by atoms with Gasteiger partial charge in [0.05, 0.1) is 19.3 Å². The van der Waals surface area contributed by atoms with Crippen LogP contribution in [0.1, 0.15) is 88.5 Å². The number of methoxy groups -OCH3 is 1. The van der Waals surface area contributed by atoms with Gasteiger partial charge in [0.2, 0.25) is 0 Å². The van der Waals surface area contributed by atoms with E-state index in [2.05, 4.69) is 46.9 Å². The van der Waals surface area contributed by atoms with E-state index in [1.807, 2.05) is 20.8 Å². The average molecular weight is 562 g/mol. The van der Waals surface area contributed by atoms with Gasteiger partial charge < -0.3 is 24.6 Å². The van der Waals surface area contributed by atoms with Crippen molar-refractivity contribution in [2.45, 2.75) is 112 Å². The third-order valence-corrected chi connectivity index (χ3v) is 12.2. The van der Waals surface area contributed by atoms with E-state index in [-0.39, 0.29) is 54.2 Å². The van der Waals surface area contributed by atoms with E-state index >= 15 is 0 Å². The van der Waals surface area contributed by atoms with Crippen LogP contribution in [0.15, 0.2) is 11.1 Å². The lowest BCUT2D eigenvalue weighted by Gasteiger charge is -2.69. The Morgan fingerprint density at radius 1 is 1.18 bits per heavy atom. The summed E-state index contributed by atoms with van der Waals surface area (Å²) >= 11 is 0. The Bertz CT molecular complexity index is 1100. The van der Waals surface area contributed by atoms with Gasteiger partial charge in [-0.15, -0.1) is 0 Å². The quantitative estimate of drug-likeness (QED) is 0.356. The third kappa shape index (κ3) is 4.18. The fourth-order valence-corrected chi connectivity index (χ4v) is 9.61. The number of fused-ring (bicyclic) bond motifs is 5. The van der Waals surface area contributed by atoms with Gasteiger partial charge in [-0.05, 0) is 56.8 Å². The van der Waals surface area contributed by atoms with Crippen molar-refractivity contribution in [3.63, 3.8) is 0 Å². The molecule has 8 nitrogen and oxygen atoms in total.